The van der Waals surface area contributed by atoms with Gasteiger partial charge in [0.1, 0.15) is 5.76 Å². The molecule has 0 saturated carbocycles. The molecular formula is C17H18N2O6S. The van der Waals surface area contributed by atoms with Gasteiger partial charge in [0.25, 0.3) is 11.6 Å². The first-order valence-electron chi connectivity index (χ1n) is 8.05. The van der Waals surface area contributed by atoms with E-state index in [0.717, 1.165) is 0 Å². The van der Waals surface area contributed by atoms with Crippen LogP contribution in [0.4, 0.5) is 5.69 Å². The van der Waals surface area contributed by atoms with Crippen molar-refractivity contribution in [3.05, 3.63) is 63.6 Å². The van der Waals surface area contributed by atoms with Crippen molar-refractivity contribution in [1.82, 2.24) is 4.90 Å². The summed E-state index contributed by atoms with van der Waals surface area (Å²) in [4.78, 5) is 25.0. The smallest absolute Gasteiger partial charge is 0.272 e. The van der Waals surface area contributed by atoms with E-state index < -0.39 is 20.8 Å². The molecule has 26 heavy (non-hydrogen) atoms. The van der Waals surface area contributed by atoms with Crippen LogP contribution in [0, 0.1) is 17.0 Å². The third-order valence-corrected chi connectivity index (χ3v) is 6.21. The highest BCUT2D eigenvalue weighted by Crippen LogP contribution is 2.25. The van der Waals surface area contributed by atoms with E-state index in [1.807, 2.05) is 0 Å². The largest absolute Gasteiger partial charge is 0.467 e. The number of amides is 1. The lowest BCUT2D eigenvalue weighted by molar-refractivity contribution is -0.385. The van der Waals surface area contributed by atoms with E-state index in [2.05, 4.69) is 0 Å². The van der Waals surface area contributed by atoms with Crippen LogP contribution in [0.5, 0.6) is 0 Å². The maximum Gasteiger partial charge on any atom is 0.272 e. The van der Waals surface area contributed by atoms with Gasteiger partial charge < -0.3 is 9.32 Å². The predicted octanol–water partition coefficient (Wildman–Crippen LogP) is 2.33. The second kappa shape index (κ2) is 6.91. The number of hydrogen-bond acceptors (Lipinski definition) is 6. The first-order valence-corrected chi connectivity index (χ1v) is 9.88. The number of rotatable bonds is 5. The number of furan rings is 1. The number of sulfone groups is 1. The zero-order valence-electron chi connectivity index (χ0n) is 14.1. The first kappa shape index (κ1) is 18.1. The quantitative estimate of drug-likeness (QED) is 0.583. The number of aryl methyl sites for hydroxylation is 1. The lowest BCUT2D eigenvalue weighted by Gasteiger charge is -2.27. The zero-order valence-corrected chi connectivity index (χ0v) is 14.9. The van der Waals surface area contributed by atoms with Crippen molar-refractivity contribution < 1.29 is 22.6 Å². The van der Waals surface area contributed by atoms with Gasteiger partial charge in [0.15, 0.2) is 9.84 Å². The Bertz CT molecular complexity index is 936. The molecule has 3 rings (SSSR count). The van der Waals surface area contributed by atoms with Crippen LogP contribution in [-0.2, 0) is 16.4 Å². The number of carbonyl (C=O) groups is 1. The molecule has 9 heteroatoms. The molecule has 1 atom stereocenters. The molecule has 0 unspecified atom stereocenters. The Balaban J connectivity index is 1.92. The van der Waals surface area contributed by atoms with Crippen LogP contribution < -0.4 is 0 Å². The van der Waals surface area contributed by atoms with E-state index in [-0.39, 0.29) is 35.2 Å². The Kier molecular flexibility index (Phi) is 4.82. The summed E-state index contributed by atoms with van der Waals surface area (Å²) in [6, 6.07) is 7.10. The van der Waals surface area contributed by atoms with Crippen molar-refractivity contribution in [2.75, 3.05) is 11.5 Å². The van der Waals surface area contributed by atoms with Crippen LogP contribution in [0.3, 0.4) is 0 Å². The Morgan fingerprint density at radius 2 is 2.15 bits per heavy atom. The lowest BCUT2D eigenvalue weighted by atomic mass is 10.1. The molecule has 2 aromatic rings. The zero-order chi connectivity index (χ0) is 18.9. The fraction of sp³-hybridized carbons (Fsp3) is 0.353. The summed E-state index contributed by atoms with van der Waals surface area (Å²) in [5.74, 6) is 0.118. The minimum Gasteiger partial charge on any atom is -0.467 e. The highest BCUT2D eigenvalue weighted by molar-refractivity contribution is 7.91. The number of hydrogen-bond donors (Lipinski definition) is 0. The molecule has 1 aliphatic heterocycles. The molecule has 8 nitrogen and oxygen atoms in total. The summed E-state index contributed by atoms with van der Waals surface area (Å²) in [6.07, 6.45) is 1.85. The summed E-state index contributed by atoms with van der Waals surface area (Å²) in [6.45, 7) is 1.70. The van der Waals surface area contributed by atoms with E-state index in [1.165, 1.54) is 29.4 Å². The van der Waals surface area contributed by atoms with Crippen LogP contribution in [0.2, 0.25) is 0 Å². The molecule has 0 spiro atoms. The molecule has 1 aliphatic rings. The molecule has 0 bridgehead atoms. The van der Waals surface area contributed by atoms with E-state index in [0.29, 0.717) is 17.7 Å². The topological polar surface area (TPSA) is 111 Å². The summed E-state index contributed by atoms with van der Waals surface area (Å²) >= 11 is 0. The van der Waals surface area contributed by atoms with Gasteiger partial charge in [0, 0.05) is 23.2 Å². The first-order chi connectivity index (χ1) is 12.3. The number of nitrogens with zero attached hydrogens (tertiary/aromatic N) is 2. The molecule has 138 valence electrons. The lowest BCUT2D eigenvalue weighted by Crippen LogP contribution is -2.40. The molecule has 0 N–H and O–H groups in total. The molecule has 0 aliphatic carbocycles. The SMILES string of the molecule is Cc1cc(C(=O)N(Cc2ccco2)[C@H]2CCS(=O)(=O)C2)ccc1[N+](=O)[O-]. The van der Waals surface area contributed by atoms with Crippen molar-refractivity contribution in [3.8, 4) is 0 Å². The van der Waals surface area contributed by atoms with Crippen LogP contribution >= 0.6 is 0 Å². The molecule has 1 fully saturated rings. The molecule has 1 saturated heterocycles. The average Bonchev–Trinajstić information content (AvgIpc) is 3.20. The number of nitro groups is 1. The summed E-state index contributed by atoms with van der Waals surface area (Å²) in [7, 11) is -3.18. The van der Waals surface area contributed by atoms with Gasteiger partial charge in [-0.15, -0.1) is 0 Å². The number of carbonyl (C=O) groups excluding carboxylic acids is 1. The third kappa shape index (κ3) is 3.77. The van der Waals surface area contributed by atoms with Gasteiger partial charge >= 0.3 is 0 Å². The van der Waals surface area contributed by atoms with Crippen LogP contribution in [0.25, 0.3) is 0 Å². The van der Waals surface area contributed by atoms with Crippen molar-refractivity contribution >= 4 is 21.4 Å². The molecule has 1 amide bonds. The van der Waals surface area contributed by atoms with Crippen molar-refractivity contribution in [3.63, 3.8) is 0 Å². The predicted molar refractivity (Wildman–Crippen MR) is 93.5 cm³/mol. The second-order valence-corrected chi connectivity index (χ2v) is 8.56. The fourth-order valence-electron chi connectivity index (χ4n) is 3.12. The number of benzene rings is 1. The maximum atomic E-state index is 13.0. The molecular weight excluding hydrogens is 360 g/mol. The van der Waals surface area contributed by atoms with Crippen LogP contribution in [0.15, 0.2) is 41.0 Å². The maximum absolute atomic E-state index is 13.0. The highest BCUT2D eigenvalue weighted by Gasteiger charge is 2.35. The Morgan fingerprint density at radius 3 is 2.69 bits per heavy atom. The number of nitro benzene ring substituents is 1. The normalized spacial score (nSPS) is 18.6. The van der Waals surface area contributed by atoms with Crippen LogP contribution in [-0.4, -0.2) is 41.7 Å². The van der Waals surface area contributed by atoms with Gasteiger partial charge in [-0.1, -0.05) is 0 Å². The van der Waals surface area contributed by atoms with Crippen molar-refractivity contribution in [2.24, 2.45) is 0 Å². The summed E-state index contributed by atoms with van der Waals surface area (Å²) < 4.78 is 29.0. The van der Waals surface area contributed by atoms with E-state index in [1.54, 1.807) is 19.1 Å². The van der Waals surface area contributed by atoms with Crippen LogP contribution in [0.1, 0.15) is 28.1 Å². The monoisotopic (exact) mass is 378 g/mol. The van der Waals surface area contributed by atoms with Crippen molar-refractivity contribution in [2.45, 2.75) is 25.9 Å². The summed E-state index contributed by atoms with van der Waals surface area (Å²) in [5, 5.41) is 11.0. The summed E-state index contributed by atoms with van der Waals surface area (Å²) in [5.41, 5.74) is 0.587. The van der Waals surface area contributed by atoms with E-state index in [9.17, 15) is 23.3 Å². The van der Waals surface area contributed by atoms with Gasteiger partial charge in [0.2, 0.25) is 0 Å². The van der Waals surface area contributed by atoms with Gasteiger partial charge in [-0.25, -0.2) is 8.42 Å². The average molecular weight is 378 g/mol. The van der Waals surface area contributed by atoms with E-state index >= 15 is 0 Å². The Hall–Kier alpha value is -2.68. The Morgan fingerprint density at radius 1 is 1.38 bits per heavy atom. The van der Waals surface area contributed by atoms with Gasteiger partial charge in [0.05, 0.1) is 29.2 Å². The minimum absolute atomic E-state index is 0.0406. The Labute approximate surface area is 150 Å². The highest BCUT2D eigenvalue weighted by atomic mass is 32.2. The molecule has 0 radical (unpaired) electrons. The van der Waals surface area contributed by atoms with E-state index in [4.69, 9.17) is 4.42 Å². The minimum atomic E-state index is -3.18. The molecule has 2 heterocycles. The standard InChI is InChI=1S/C17H18N2O6S/c1-12-9-13(4-5-16(12)19(21)22)17(20)18(10-15-3-2-7-25-15)14-6-8-26(23,24)11-14/h2-5,7,9,14H,6,8,10-11H2,1H3/t14-/m0/s1. The van der Waals surface area contributed by atoms with Crippen molar-refractivity contribution in [1.29, 1.82) is 0 Å². The van der Waals surface area contributed by atoms with Gasteiger partial charge in [-0.3, -0.25) is 14.9 Å². The van der Waals surface area contributed by atoms with Gasteiger partial charge in [-0.05, 0) is 37.6 Å². The van der Waals surface area contributed by atoms with Gasteiger partial charge in [-0.2, -0.15) is 0 Å². The third-order valence-electron chi connectivity index (χ3n) is 4.46. The second-order valence-electron chi connectivity index (χ2n) is 6.33. The molecule has 1 aromatic carbocycles. The molecule has 1 aromatic heterocycles. The fourth-order valence-corrected chi connectivity index (χ4v) is 4.85.